The van der Waals surface area contributed by atoms with Crippen molar-refractivity contribution in [1.29, 1.82) is 5.26 Å². The fraction of sp³-hybridized carbons (Fsp3) is 0.267. The molecule has 0 atom stereocenters. The molecule has 1 aromatic carbocycles. The lowest BCUT2D eigenvalue weighted by Crippen LogP contribution is -2.50. The third-order valence-electron chi connectivity index (χ3n) is 3.81. The summed E-state index contributed by atoms with van der Waals surface area (Å²) in [7, 11) is 0. The van der Waals surface area contributed by atoms with Gasteiger partial charge in [-0.2, -0.15) is 5.26 Å². The van der Waals surface area contributed by atoms with Crippen LogP contribution in [-0.4, -0.2) is 29.1 Å². The van der Waals surface area contributed by atoms with Crippen LogP contribution in [0.25, 0.3) is 10.9 Å². The van der Waals surface area contributed by atoms with Crippen molar-refractivity contribution in [1.82, 2.24) is 4.98 Å². The molecule has 1 N–H and O–H groups in total. The maximum absolute atomic E-state index is 11.0. The van der Waals surface area contributed by atoms with Crippen molar-refractivity contribution in [3.8, 4) is 6.07 Å². The van der Waals surface area contributed by atoms with E-state index in [0.29, 0.717) is 18.7 Å². The number of nitrogens with zero attached hydrogens (tertiary/aromatic N) is 3. The number of carboxylic acids is 1. The predicted octanol–water partition coefficient (Wildman–Crippen LogP) is 2.70. The standard InChI is InChI=1S/C15H12BrN3O2/c1-8-2-3-11-13(12(8)16)18-5-9(4-17)14(11)19-6-10(7-19)15(20)21/h2-3,5,10H,6-7H2,1H3,(H,20,21). The number of hydrogen-bond donors (Lipinski definition) is 1. The molecule has 5 nitrogen and oxygen atoms in total. The Kier molecular flexibility index (Phi) is 3.30. The third-order valence-corrected chi connectivity index (χ3v) is 4.81. The van der Waals surface area contributed by atoms with Crippen LogP contribution in [0, 0.1) is 24.2 Å². The van der Waals surface area contributed by atoms with Crippen LogP contribution in [0.2, 0.25) is 0 Å². The summed E-state index contributed by atoms with van der Waals surface area (Å²) < 4.78 is 0.904. The highest BCUT2D eigenvalue weighted by molar-refractivity contribution is 9.10. The van der Waals surface area contributed by atoms with Gasteiger partial charge >= 0.3 is 5.97 Å². The lowest BCUT2D eigenvalue weighted by atomic mass is 9.96. The largest absolute Gasteiger partial charge is 0.481 e. The van der Waals surface area contributed by atoms with Crippen LogP contribution in [0.15, 0.2) is 22.8 Å². The highest BCUT2D eigenvalue weighted by atomic mass is 79.9. The second-order valence-electron chi connectivity index (χ2n) is 5.17. The number of benzene rings is 1. The SMILES string of the molecule is Cc1ccc2c(N3CC(C(=O)O)C3)c(C#N)cnc2c1Br. The van der Waals surface area contributed by atoms with Gasteiger partial charge in [-0.25, -0.2) is 0 Å². The summed E-state index contributed by atoms with van der Waals surface area (Å²) in [5.74, 6) is -1.16. The van der Waals surface area contributed by atoms with Crippen LogP contribution in [0.4, 0.5) is 5.69 Å². The van der Waals surface area contributed by atoms with Gasteiger partial charge in [-0.05, 0) is 28.4 Å². The molecule has 1 aliphatic heterocycles. The van der Waals surface area contributed by atoms with E-state index in [0.717, 1.165) is 26.6 Å². The first-order chi connectivity index (χ1) is 10.0. The van der Waals surface area contributed by atoms with Crippen LogP contribution in [0.5, 0.6) is 0 Å². The van der Waals surface area contributed by atoms with Gasteiger partial charge in [0.15, 0.2) is 0 Å². The minimum absolute atomic E-state index is 0.367. The van der Waals surface area contributed by atoms with E-state index >= 15 is 0 Å². The number of fused-ring (bicyclic) bond motifs is 1. The van der Waals surface area contributed by atoms with Crippen molar-refractivity contribution >= 4 is 38.5 Å². The molecule has 21 heavy (non-hydrogen) atoms. The molecule has 0 amide bonds. The number of aromatic nitrogens is 1. The molecular weight excluding hydrogens is 334 g/mol. The van der Waals surface area contributed by atoms with Crippen LogP contribution in [0.3, 0.4) is 0 Å². The molecule has 0 spiro atoms. The molecule has 0 radical (unpaired) electrons. The molecule has 0 unspecified atom stereocenters. The van der Waals surface area contributed by atoms with Gasteiger partial charge in [-0.1, -0.05) is 12.1 Å². The molecule has 1 aliphatic rings. The van der Waals surface area contributed by atoms with E-state index in [4.69, 9.17) is 5.11 Å². The number of carbonyl (C=O) groups is 1. The fourth-order valence-electron chi connectivity index (χ4n) is 2.56. The smallest absolute Gasteiger partial charge is 0.310 e. The van der Waals surface area contributed by atoms with E-state index in [2.05, 4.69) is 27.0 Å². The highest BCUT2D eigenvalue weighted by Crippen LogP contribution is 2.37. The first-order valence-corrected chi connectivity index (χ1v) is 7.28. The van der Waals surface area contributed by atoms with Crippen LogP contribution in [-0.2, 0) is 4.79 Å². The molecule has 1 fully saturated rings. The van der Waals surface area contributed by atoms with Crippen molar-refractivity contribution in [3.63, 3.8) is 0 Å². The molecule has 6 heteroatoms. The number of pyridine rings is 1. The van der Waals surface area contributed by atoms with Crippen molar-refractivity contribution in [3.05, 3.63) is 33.9 Å². The fourth-order valence-corrected chi connectivity index (χ4v) is 3.01. The Morgan fingerprint density at radius 1 is 1.52 bits per heavy atom. The Balaban J connectivity index is 2.14. The normalized spacial score (nSPS) is 14.8. The Labute approximate surface area is 129 Å². The van der Waals surface area contributed by atoms with E-state index in [9.17, 15) is 10.1 Å². The maximum atomic E-state index is 11.0. The van der Waals surface area contributed by atoms with Crippen molar-refractivity contribution in [2.75, 3.05) is 18.0 Å². The Bertz CT molecular complexity index is 792. The topological polar surface area (TPSA) is 77.2 Å². The Hall–Kier alpha value is -2.13. The lowest BCUT2D eigenvalue weighted by Gasteiger charge is -2.39. The lowest BCUT2D eigenvalue weighted by molar-refractivity contribution is -0.142. The average Bonchev–Trinajstić information content (AvgIpc) is 2.41. The van der Waals surface area contributed by atoms with E-state index in [1.165, 1.54) is 0 Å². The van der Waals surface area contributed by atoms with Gasteiger partial charge in [-0.15, -0.1) is 0 Å². The van der Waals surface area contributed by atoms with Gasteiger partial charge in [0.25, 0.3) is 0 Å². The van der Waals surface area contributed by atoms with Gasteiger partial charge in [-0.3, -0.25) is 9.78 Å². The second kappa shape index (κ2) is 5.01. The number of halogens is 1. The van der Waals surface area contributed by atoms with Gasteiger partial charge in [0.05, 0.1) is 22.7 Å². The van der Waals surface area contributed by atoms with Crippen molar-refractivity contribution < 1.29 is 9.90 Å². The number of aryl methyl sites for hydroxylation is 1. The van der Waals surface area contributed by atoms with Gasteiger partial charge < -0.3 is 10.0 Å². The zero-order valence-corrected chi connectivity index (χ0v) is 12.9. The average molecular weight is 346 g/mol. The van der Waals surface area contributed by atoms with Crippen LogP contribution < -0.4 is 4.90 Å². The summed E-state index contributed by atoms with van der Waals surface area (Å²) in [4.78, 5) is 17.3. The quantitative estimate of drug-likeness (QED) is 0.905. The number of anilines is 1. The van der Waals surface area contributed by atoms with Gasteiger partial charge in [0, 0.05) is 29.1 Å². The highest BCUT2D eigenvalue weighted by Gasteiger charge is 2.34. The van der Waals surface area contributed by atoms with Crippen molar-refractivity contribution in [2.24, 2.45) is 5.92 Å². The zero-order valence-electron chi connectivity index (χ0n) is 11.3. The minimum atomic E-state index is -0.792. The number of nitriles is 1. The monoisotopic (exact) mass is 345 g/mol. The molecule has 106 valence electrons. The van der Waals surface area contributed by atoms with Gasteiger partial charge in [0.1, 0.15) is 6.07 Å². The molecule has 1 saturated heterocycles. The predicted molar refractivity (Wildman–Crippen MR) is 82.2 cm³/mol. The molecule has 2 heterocycles. The van der Waals surface area contributed by atoms with E-state index in [1.807, 2.05) is 24.0 Å². The number of carboxylic acid groups (broad SMARTS) is 1. The number of rotatable bonds is 2. The molecule has 0 saturated carbocycles. The Morgan fingerprint density at radius 2 is 2.24 bits per heavy atom. The maximum Gasteiger partial charge on any atom is 0.310 e. The third kappa shape index (κ3) is 2.14. The molecule has 0 aliphatic carbocycles. The van der Waals surface area contributed by atoms with E-state index in [-0.39, 0.29) is 5.92 Å². The first kappa shape index (κ1) is 13.8. The molecular formula is C15H12BrN3O2. The van der Waals surface area contributed by atoms with Crippen LogP contribution >= 0.6 is 15.9 Å². The zero-order chi connectivity index (χ0) is 15.1. The first-order valence-electron chi connectivity index (χ1n) is 6.48. The number of hydrogen-bond acceptors (Lipinski definition) is 4. The van der Waals surface area contributed by atoms with E-state index < -0.39 is 5.97 Å². The molecule has 0 bridgehead atoms. The summed E-state index contributed by atoms with van der Waals surface area (Å²) in [5, 5.41) is 19.2. The number of aliphatic carboxylic acids is 1. The summed E-state index contributed by atoms with van der Waals surface area (Å²) in [6.07, 6.45) is 1.55. The van der Waals surface area contributed by atoms with Crippen molar-refractivity contribution in [2.45, 2.75) is 6.92 Å². The second-order valence-corrected chi connectivity index (χ2v) is 5.96. The summed E-state index contributed by atoms with van der Waals surface area (Å²) >= 11 is 3.53. The molecule has 1 aromatic heterocycles. The molecule has 3 rings (SSSR count). The molecule has 2 aromatic rings. The van der Waals surface area contributed by atoms with Gasteiger partial charge in [0.2, 0.25) is 0 Å². The summed E-state index contributed by atoms with van der Waals surface area (Å²) in [6, 6.07) is 6.05. The van der Waals surface area contributed by atoms with Crippen LogP contribution in [0.1, 0.15) is 11.1 Å². The Morgan fingerprint density at radius 3 is 2.86 bits per heavy atom. The summed E-state index contributed by atoms with van der Waals surface area (Å²) in [6.45, 7) is 2.83. The minimum Gasteiger partial charge on any atom is -0.481 e. The van der Waals surface area contributed by atoms with E-state index in [1.54, 1.807) is 6.20 Å². The summed E-state index contributed by atoms with van der Waals surface area (Å²) in [5.41, 5.74) is 3.11.